The Morgan fingerprint density at radius 3 is 3.17 bits per heavy atom. The Hall–Kier alpha value is -1.00. The van der Waals surface area contributed by atoms with E-state index in [9.17, 15) is 4.79 Å². The summed E-state index contributed by atoms with van der Waals surface area (Å²) in [5.74, 6) is 0.799. The zero-order valence-corrected chi connectivity index (χ0v) is 11.6. The van der Waals surface area contributed by atoms with E-state index in [1.165, 1.54) is 11.3 Å². The van der Waals surface area contributed by atoms with E-state index < -0.39 is 0 Å². The van der Waals surface area contributed by atoms with Crippen molar-refractivity contribution in [1.29, 1.82) is 0 Å². The van der Waals surface area contributed by atoms with Gasteiger partial charge in [0.2, 0.25) is 5.91 Å². The maximum absolute atomic E-state index is 11.8. The SMILES string of the molecule is CSc1cccc(NC(=O)CCC2CCNC2)c1. The van der Waals surface area contributed by atoms with Gasteiger partial charge in [-0.2, -0.15) is 0 Å². The topological polar surface area (TPSA) is 41.1 Å². The van der Waals surface area contributed by atoms with Crippen molar-refractivity contribution in [1.82, 2.24) is 5.32 Å². The van der Waals surface area contributed by atoms with Gasteiger partial charge in [-0.1, -0.05) is 6.07 Å². The van der Waals surface area contributed by atoms with Gasteiger partial charge in [-0.25, -0.2) is 0 Å². The largest absolute Gasteiger partial charge is 0.326 e. The lowest BCUT2D eigenvalue weighted by Crippen LogP contribution is -2.14. The molecule has 0 spiro atoms. The molecule has 0 saturated carbocycles. The highest BCUT2D eigenvalue weighted by molar-refractivity contribution is 7.98. The predicted octanol–water partition coefficient (Wildman–Crippen LogP) is 2.74. The molecule has 0 bridgehead atoms. The number of carbonyl (C=O) groups excluding carboxylic acids is 1. The van der Waals surface area contributed by atoms with E-state index in [0.29, 0.717) is 12.3 Å². The highest BCUT2D eigenvalue weighted by atomic mass is 32.2. The van der Waals surface area contributed by atoms with Gasteiger partial charge in [-0.3, -0.25) is 4.79 Å². The Kier molecular flexibility index (Phi) is 5.08. The molecule has 0 aliphatic carbocycles. The third-order valence-electron chi connectivity index (χ3n) is 3.30. The third kappa shape index (κ3) is 4.03. The first-order valence-electron chi connectivity index (χ1n) is 6.42. The number of hydrogen-bond donors (Lipinski definition) is 2. The molecule has 4 heteroatoms. The first kappa shape index (κ1) is 13.4. The lowest BCUT2D eigenvalue weighted by atomic mass is 10.0. The molecule has 3 nitrogen and oxygen atoms in total. The molecule has 18 heavy (non-hydrogen) atoms. The summed E-state index contributed by atoms with van der Waals surface area (Å²) < 4.78 is 0. The molecule has 0 radical (unpaired) electrons. The van der Waals surface area contributed by atoms with Crippen LogP contribution in [0.4, 0.5) is 5.69 Å². The molecule has 1 heterocycles. The Labute approximate surface area is 113 Å². The summed E-state index contributed by atoms with van der Waals surface area (Å²) >= 11 is 1.68. The molecule has 1 amide bonds. The van der Waals surface area contributed by atoms with Crippen LogP contribution in [0.25, 0.3) is 0 Å². The second-order valence-corrected chi connectivity index (χ2v) is 5.56. The molecule has 1 fully saturated rings. The molecule has 1 aliphatic heterocycles. The fourth-order valence-corrected chi connectivity index (χ4v) is 2.68. The van der Waals surface area contributed by atoms with Crippen molar-refractivity contribution in [3.8, 4) is 0 Å². The van der Waals surface area contributed by atoms with Crippen molar-refractivity contribution in [3.05, 3.63) is 24.3 Å². The molecule has 1 aromatic carbocycles. The van der Waals surface area contributed by atoms with Gasteiger partial charge in [0.05, 0.1) is 0 Å². The normalized spacial score (nSPS) is 18.8. The third-order valence-corrected chi connectivity index (χ3v) is 4.02. The van der Waals surface area contributed by atoms with Gasteiger partial charge in [-0.15, -0.1) is 11.8 Å². The van der Waals surface area contributed by atoms with Crippen molar-refractivity contribution in [2.24, 2.45) is 5.92 Å². The monoisotopic (exact) mass is 264 g/mol. The summed E-state index contributed by atoms with van der Waals surface area (Å²) in [6, 6.07) is 7.97. The number of nitrogens with one attached hydrogen (secondary N) is 2. The average Bonchev–Trinajstić information content (AvgIpc) is 2.90. The predicted molar refractivity (Wildman–Crippen MR) is 77.1 cm³/mol. The average molecular weight is 264 g/mol. The van der Waals surface area contributed by atoms with Crippen molar-refractivity contribution < 1.29 is 4.79 Å². The van der Waals surface area contributed by atoms with Crippen LogP contribution in [0.3, 0.4) is 0 Å². The van der Waals surface area contributed by atoms with Gasteiger partial charge >= 0.3 is 0 Å². The summed E-state index contributed by atoms with van der Waals surface area (Å²) in [7, 11) is 0. The molecular formula is C14H20N2OS. The van der Waals surface area contributed by atoms with Crippen LogP contribution in [-0.4, -0.2) is 25.3 Å². The quantitative estimate of drug-likeness (QED) is 0.803. The maximum atomic E-state index is 11.8. The van der Waals surface area contributed by atoms with E-state index >= 15 is 0 Å². The van der Waals surface area contributed by atoms with E-state index in [1.54, 1.807) is 11.8 Å². The van der Waals surface area contributed by atoms with Crippen LogP contribution >= 0.6 is 11.8 Å². The standard InChI is InChI=1S/C14H20N2OS/c1-18-13-4-2-3-12(9-13)16-14(17)6-5-11-7-8-15-10-11/h2-4,9,11,15H,5-8,10H2,1H3,(H,16,17). The van der Waals surface area contributed by atoms with E-state index in [-0.39, 0.29) is 5.91 Å². The zero-order valence-electron chi connectivity index (χ0n) is 10.7. The molecule has 1 aromatic rings. The minimum absolute atomic E-state index is 0.125. The van der Waals surface area contributed by atoms with E-state index in [1.807, 2.05) is 30.5 Å². The first-order chi connectivity index (χ1) is 8.78. The Morgan fingerprint density at radius 1 is 1.56 bits per heavy atom. The van der Waals surface area contributed by atoms with Gasteiger partial charge in [0, 0.05) is 17.0 Å². The minimum atomic E-state index is 0.125. The molecule has 2 rings (SSSR count). The van der Waals surface area contributed by atoms with Crippen LogP contribution in [0.1, 0.15) is 19.3 Å². The highest BCUT2D eigenvalue weighted by Crippen LogP contribution is 2.20. The lowest BCUT2D eigenvalue weighted by molar-refractivity contribution is -0.116. The summed E-state index contributed by atoms with van der Waals surface area (Å²) in [6.07, 6.45) is 4.85. The van der Waals surface area contributed by atoms with E-state index in [2.05, 4.69) is 10.6 Å². The molecule has 1 unspecified atom stereocenters. The van der Waals surface area contributed by atoms with Gasteiger partial charge in [0.25, 0.3) is 0 Å². The second-order valence-electron chi connectivity index (χ2n) is 4.68. The Morgan fingerprint density at radius 2 is 2.44 bits per heavy atom. The molecule has 98 valence electrons. The molecule has 1 aliphatic rings. The minimum Gasteiger partial charge on any atom is -0.326 e. The number of anilines is 1. The highest BCUT2D eigenvalue weighted by Gasteiger charge is 2.15. The molecule has 0 aromatic heterocycles. The summed E-state index contributed by atoms with van der Waals surface area (Å²) in [5.41, 5.74) is 0.899. The van der Waals surface area contributed by atoms with Crippen LogP contribution in [0.15, 0.2) is 29.2 Å². The maximum Gasteiger partial charge on any atom is 0.224 e. The van der Waals surface area contributed by atoms with Crippen molar-refractivity contribution in [3.63, 3.8) is 0 Å². The van der Waals surface area contributed by atoms with Gasteiger partial charge in [0.15, 0.2) is 0 Å². The Balaban J connectivity index is 1.78. The van der Waals surface area contributed by atoms with E-state index in [0.717, 1.165) is 25.2 Å². The number of thioether (sulfide) groups is 1. The van der Waals surface area contributed by atoms with E-state index in [4.69, 9.17) is 0 Å². The van der Waals surface area contributed by atoms with Gasteiger partial charge in [-0.05, 0) is 56.3 Å². The summed E-state index contributed by atoms with van der Waals surface area (Å²) in [5, 5.41) is 6.29. The van der Waals surface area contributed by atoms with Crippen LogP contribution in [0.5, 0.6) is 0 Å². The number of amides is 1. The number of hydrogen-bond acceptors (Lipinski definition) is 3. The van der Waals surface area contributed by atoms with Crippen LogP contribution < -0.4 is 10.6 Å². The number of carbonyl (C=O) groups is 1. The summed E-state index contributed by atoms with van der Waals surface area (Å²) in [6.45, 7) is 2.16. The molecular weight excluding hydrogens is 244 g/mol. The van der Waals surface area contributed by atoms with Gasteiger partial charge in [0.1, 0.15) is 0 Å². The Bertz CT molecular complexity index is 403. The second kappa shape index (κ2) is 6.81. The molecule has 1 saturated heterocycles. The number of rotatable bonds is 5. The lowest BCUT2D eigenvalue weighted by Gasteiger charge is -2.09. The fraction of sp³-hybridized carbons (Fsp3) is 0.500. The molecule has 1 atom stereocenters. The zero-order chi connectivity index (χ0) is 12.8. The summed E-state index contributed by atoms with van der Waals surface area (Å²) in [4.78, 5) is 13.0. The number of benzene rings is 1. The first-order valence-corrected chi connectivity index (χ1v) is 7.65. The molecule has 2 N–H and O–H groups in total. The van der Waals surface area contributed by atoms with Gasteiger partial charge < -0.3 is 10.6 Å². The van der Waals surface area contributed by atoms with Crippen LogP contribution in [0, 0.1) is 5.92 Å². The van der Waals surface area contributed by atoms with Crippen molar-refractivity contribution in [2.75, 3.05) is 24.7 Å². The van der Waals surface area contributed by atoms with Crippen molar-refractivity contribution in [2.45, 2.75) is 24.2 Å². The fourth-order valence-electron chi connectivity index (χ4n) is 2.22. The van der Waals surface area contributed by atoms with Crippen LogP contribution in [0.2, 0.25) is 0 Å². The van der Waals surface area contributed by atoms with Crippen molar-refractivity contribution >= 4 is 23.4 Å². The smallest absolute Gasteiger partial charge is 0.224 e. The van der Waals surface area contributed by atoms with Crippen LogP contribution in [-0.2, 0) is 4.79 Å².